The summed E-state index contributed by atoms with van der Waals surface area (Å²) in [5.41, 5.74) is 0.879. The predicted molar refractivity (Wildman–Crippen MR) is 87.0 cm³/mol. The average Bonchev–Trinajstić information content (AvgIpc) is 2.49. The van der Waals surface area contributed by atoms with Crippen LogP contribution in [0, 0.1) is 0 Å². The molecule has 0 bridgehead atoms. The molecule has 0 saturated carbocycles. The molecule has 0 aromatic heterocycles. The van der Waals surface area contributed by atoms with E-state index in [9.17, 15) is 8.42 Å². The fourth-order valence-electron chi connectivity index (χ4n) is 2.31. The van der Waals surface area contributed by atoms with E-state index in [1.54, 1.807) is 12.1 Å². The first-order chi connectivity index (χ1) is 10.1. The van der Waals surface area contributed by atoms with E-state index in [2.05, 4.69) is 6.92 Å². The summed E-state index contributed by atoms with van der Waals surface area (Å²) in [5.74, 6) is 0. The average molecular weight is 312 g/mol. The van der Waals surface area contributed by atoms with Gasteiger partial charge in [-0.3, -0.25) is 4.18 Å². The van der Waals surface area contributed by atoms with Crippen LogP contribution in [0.4, 0.5) is 0 Å². The van der Waals surface area contributed by atoms with E-state index in [4.69, 9.17) is 4.18 Å². The normalized spacial score (nSPS) is 11.7. The van der Waals surface area contributed by atoms with Crippen molar-refractivity contribution in [1.82, 2.24) is 0 Å². The highest BCUT2D eigenvalue weighted by Gasteiger charge is 2.18. The fraction of sp³-hybridized carbons (Fsp3) is 0.647. The van der Waals surface area contributed by atoms with Crippen molar-refractivity contribution in [3.8, 4) is 0 Å². The zero-order valence-electron chi connectivity index (χ0n) is 13.3. The van der Waals surface area contributed by atoms with E-state index in [1.165, 1.54) is 25.7 Å². The van der Waals surface area contributed by atoms with Crippen molar-refractivity contribution in [3.05, 3.63) is 29.8 Å². The number of benzene rings is 1. The lowest BCUT2D eigenvalue weighted by atomic mass is 10.1. The molecule has 3 nitrogen and oxygen atoms in total. The Morgan fingerprint density at radius 1 is 0.905 bits per heavy atom. The van der Waals surface area contributed by atoms with Gasteiger partial charge in [-0.15, -0.1) is 0 Å². The van der Waals surface area contributed by atoms with Gasteiger partial charge in [0.1, 0.15) is 0 Å². The topological polar surface area (TPSA) is 43.4 Å². The zero-order chi connectivity index (χ0) is 15.6. The van der Waals surface area contributed by atoms with Crippen molar-refractivity contribution in [2.75, 3.05) is 6.61 Å². The first-order valence-corrected chi connectivity index (χ1v) is 9.50. The van der Waals surface area contributed by atoms with Crippen LogP contribution < -0.4 is 0 Å². The summed E-state index contributed by atoms with van der Waals surface area (Å²) in [6, 6.07) is 7.20. The molecule has 0 amide bonds. The quantitative estimate of drug-likeness (QED) is 0.439. The van der Waals surface area contributed by atoms with Crippen molar-refractivity contribution < 1.29 is 12.6 Å². The van der Waals surface area contributed by atoms with Gasteiger partial charge in [0.2, 0.25) is 0 Å². The second-order valence-electron chi connectivity index (χ2n) is 5.40. The minimum atomic E-state index is -3.60. The molecular weight excluding hydrogens is 284 g/mol. The molecule has 0 N–H and O–H groups in total. The minimum absolute atomic E-state index is 0.244. The highest BCUT2D eigenvalue weighted by molar-refractivity contribution is 7.86. The van der Waals surface area contributed by atoms with Gasteiger partial charge in [-0.1, -0.05) is 64.2 Å². The van der Waals surface area contributed by atoms with Crippen LogP contribution in [-0.2, 0) is 20.7 Å². The van der Waals surface area contributed by atoms with E-state index in [0.29, 0.717) is 11.3 Å². The number of unbranched alkanes of at least 4 members (excludes halogenated alkanes) is 5. The third-order valence-corrected chi connectivity index (χ3v) is 4.90. The highest BCUT2D eigenvalue weighted by atomic mass is 32.2. The Morgan fingerprint density at radius 3 is 2.29 bits per heavy atom. The molecular formula is C17H28O3S. The Bertz CT molecular complexity index is 495. The third kappa shape index (κ3) is 6.62. The molecule has 4 heteroatoms. The number of hydrogen-bond donors (Lipinski definition) is 0. The van der Waals surface area contributed by atoms with Crippen molar-refractivity contribution >= 4 is 10.1 Å². The molecule has 120 valence electrons. The summed E-state index contributed by atoms with van der Waals surface area (Å²) in [4.78, 5) is 0.340. The van der Waals surface area contributed by atoms with E-state index >= 15 is 0 Å². The Balaban J connectivity index is 2.59. The standard InChI is InChI=1S/C17H28O3S/c1-3-5-6-7-8-9-12-16-13-10-11-14-17(16)21(18,19)20-15-4-2/h10-11,13-14H,3-9,12,15H2,1-2H3. The third-order valence-electron chi connectivity index (χ3n) is 3.48. The van der Waals surface area contributed by atoms with Gasteiger partial charge in [-0.25, -0.2) is 0 Å². The minimum Gasteiger partial charge on any atom is -0.266 e. The van der Waals surface area contributed by atoms with Gasteiger partial charge in [0, 0.05) is 0 Å². The maximum Gasteiger partial charge on any atom is 0.297 e. The molecule has 1 aromatic rings. The van der Waals surface area contributed by atoms with Crippen molar-refractivity contribution in [3.63, 3.8) is 0 Å². The Labute approximate surface area is 129 Å². The molecule has 0 atom stereocenters. The van der Waals surface area contributed by atoms with Crippen molar-refractivity contribution in [2.24, 2.45) is 0 Å². The van der Waals surface area contributed by atoms with Gasteiger partial charge in [-0.2, -0.15) is 8.42 Å². The first kappa shape index (κ1) is 18.2. The lowest BCUT2D eigenvalue weighted by Gasteiger charge is -2.10. The molecule has 0 saturated heterocycles. The van der Waals surface area contributed by atoms with Crippen LogP contribution in [0.25, 0.3) is 0 Å². The molecule has 1 aromatic carbocycles. The second kappa shape index (κ2) is 9.96. The molecule has 0 aliphatic carbocycles. The zero-order valence-corrected chi connectivity index (χ0v) is 14.1. The summed E-state index contributed by atoms with van der Waals surface area (Å²) in [6.07, 6.45) is 8.72. The van der Waals surface area contributed by atoms with Crippen LogP contribution >= 0.6 is 0 Å². The first-order valence-electron chi connectivity index (χ1n) is 8.09. The van der Waals surface area contributed by atoms with Crippen molar-refractivity contribution in [2.45, 2.75) is 70.1 Å². The molecule has 0 aliphatic rings. The smallest absolute Gasteiger partial charge is 0.266 e. The molecule has 0 aliphatic heterocycles. The monoisotopic (exact) mass is 312 g/mol. The molecule has 0 fully saturated rings. The number of aryl methyl sites for hydroxylation is 1. The maximum absolute atomic E-state index is 12.2. The van der Waals surface area contributed by atoms with Crippen molar-refractivity contribution in [1.29, 1.82) is 0 Å². The van der Waals surface area contributed by atoms with Gasteiger partial charge >= 0.3 is 0 Å². The van der Waals surface area contributed by atoms with E-state index < -0.39 is 10.1 Å². The van der Waals surface area contributed by atoms with Gasteiger partial charge in [0.05, 0.1) is 11.5 Å². The molecule has 21 heavy (non-hydrogen) atoms. The van der Waals surface area contributed by atoms with Gasteiger partial charge in [-0.05, 0) is 30.9 Å². The summed E-state index contributed by atoms with van der Waals surface area (Å²) < 4.78 is 29.4. The summed E-state index contributed by atoms with van der Waals surface area (Å²) in [5, 5.41) is 0. The predicted octanol–water partition coefficient (Wildman–Crippen LogP) is 4.70. The molecule has 0 heterocycles. The van der Waals surface area contributed by atoms with Gasteiger partial charge in [0.25, 0.3) is 10.1 Å². The highest BCUT2D eigenvalue weighted by Crippen LogP contribution is 2.20. The molecule has 0 spiro atoms. The molecule has 0 unspecified atom stereocenters. The Morgan fingerprint density at radius 2 is 1.57 bits per heavy atom. The van der Waals surface area contributed by atoms with Crippen LogP contribution in [0.2, 0.25) is 0 Å². The Kier molecular flexibility index (Phi) is 8.62. The lowest BCUT2D eigenvalue weighted by Crippen LogP contribution is -2.10. The van der Waals surface area contributed by atoms with Crippen LogP contribution in [0.5, 0.6) is 0 Å². The summed E-state index contributed by atoms with van der Waals surface area (Å²) in [7, 11) is -3.60. The van der Waals surface area contributed by atoms with Crippen LogP contribution in [0.3, 0.4) is 0 Å². The van der Waals surface area contributed by atoms with Gasteiger partial charge < -0.3 is 0 Å². The van der Waals surface area contributed by atoms with E-state index in [0.717, 1.165) is 24.8 Å². The molecule has 0 radical (unpaired) electrons. The lowest BCUT2D eigenvalue weighted by molar-refractivity contribution is 0.317. The maximum atomic E-state index is 12.2. The SMILES string of the molecule is CCCCCCCCc1ccccc1S(=O)(=O)OCCC. The van der Waals surface area contributed by atoms with E-state index in [1.807, 2.05) is 19.1 Å². The van der Waals surface area contributed by atoms with E-state index in [-0.39, 0.29) is 6.61 Å². The Hall–Kier alpha value is -0.870. The van der Waals surface area contributed by atoms with Gasteiger partial charge in [0.15, 0.2) is 0 Å². The van der Waals surface area contributed by atoms with Crippen LogP contribution in [0.1, 0.15) is 64.4 Å². The fourth-order valence-corrected chi connectivity index (χ4v) is 3.56. The van der Waals surface area contributed by atoms with Crippen LogP contribution in [0.15, 0.2) is 29.2 Å². The molecule has 1 rings (SSSR count). The number of hydrogen-bond acceptors (Lipinski definition) is 3. The second-order valence-corrected chi connectivity index (χ2v) is 6.99. The summed E-state index contributed by atoms with van der Waals surface area (Å²) in [6.45, 7) is 4.35. The largest absolute Gasteiger partial charge is 0.297 e. The number of rotatable bonds is 11. The van der Waals surface area contributed by atoms with Crippen LogP contribution in [-0.4, -0.2) is 15.0 Å². The summed E-state index contributed by atoms with van der Waals surface area (Å²) >= 11 is 0.